The molecule has 18 heavy (non-hydrogen) atoms. The van der Waals surface area contributed by atoms with E-state index in [0.717, 1.165) is 0 Å². The Morgan fingerprint density at radius 3 is 2.28 bits per heavy atom. The summed E-state index contributed by atoms with van der Waals surface area (Å²) >= 11 is 0. The molecule has 0 bridgehead atoms. The van der Waals surface area contributed by atoms with Crippen molar-refractivity contribution >= 4 is 17.7 Å². The molecule has 0 N–H and O–H groups in total. The minimum absolute atomic E-state index is 0.0260. The lowest BCUT2D eigenvalue weighted by molar-refractivity contribution is -0.151. The summed E-state index contributed by atoms with van der Waals surface area (Å²) in [7, 11) is 0. The topological polar surface area (TPSA) is 69.7 Å². The van der Waals surface area contributed by atoms with Crippen LogP contribution in [0.4, 0.5) is 0 Å². The van der Waals surface area contributed by atoms with E-state index in [4.69, 9.17) is 9.47 Å². The van der Waals surface area contributed by atoms with Gasteiger partial charge in [0.15, 0.2) is 0 Å². The Bertz CT molecular complexity index is 354. The molecule has 0 aromatic heterocycles. The number of hydrogen-bond acceptors (Lipinski definition) is 5. The minimum atomic E-state index is -0.613. The first-order chi connectivity index (χ1) is 8.47. The second kappa shape index (κ2) is 9.15. The minimum Gasteiger partial charge on any atom is -0.462 e. The molecular formula is C13H18O5. The highest BCUT2D eigenvalue weighted by molar-refractivity contribution is 5.94. The molecule has 0 aliphatic carbocycles. The van der Waals surface area contributed by atoms with Gasteiger partial charge in [0.25, 0.3) is 0 Å². The molecular weight excluding hydrogens is 236 g/mol. The van der Waals surface area contributed by atoms with Crippen LogP contribution in [0.25, 0.3) is 0 Å². The molecule has 0 radical (unpaired) electrons. The van der Waals surface area contributed by atoms with Crippen LogP contribution in [0.5, 0.6) is 0 Å². The molecule has 0 unspecified atom stereocenters. The van der Waals surface area contributed by atoms with Crippen molar-refractivity contribution in [2.45, 2.75) is 26.7 Å². The average Bonchev–Trinajstić information content (AvgIpc) is 2.30. The summed E-state index contributed by atoms with van der Waals surface area (Å²) in [5.41, 5.74) is 0.477. The van der Waals surface area contributed by atoms with Crippen molar-refractivity contribution in [3.63, 3.8) is 0 Å². The van der Waals surface area contributed by atoms with E-state index in [1.165, 1.54) is 6.92 Å². The van der Waals surface area contributed by atoms with Gasteiger partial charge in [-0.1, -0.05) is 12.2 Å². The largest absolute Gasteiger partial charge is 0.462 e. The van der Waals surface area contributed by atoms with Crippen LogP contribution in [0.2, 0.25) is 0 Å². The third-order valence-electron chi connectivity index (χ3n) is 1.89. The molecule has 0 spiro atoms. The van der Waals surface area contributed by atoms with E-state index < -0.39 is 11.9 Å². The van der Waals surface area contributed by atoms with Gasteiger partial charge in [0.05, 0.1) is 0 Å². The zero-order chi connectivity index (χ0) is 14.0. The van der Waals surface area contributed by atoms with E-state index >= 15 is 0 Å². The van der Waals surface area contributed by atoms with Crippen LogP contribution in [-0.2, 0) is 23.9 Å². The molecule has 5 nitrogen and oxygen atoms in total. The van der Waals surface area contributed by atoms with Crippen molar-refractivity contribution in [3.05, 3.63) is 24.3 Å². The smallest absolute Gasteiger partial charge is 0.333 e. The number of hydrogen-bond donors (Lipinski definition) is 0. The molecule has 0 saturated carbocycles. The maximum Gasteiger partial charge on any atom is 0.333 e. The van der Waals surface area contributed by atoms with Crippen molar-refractivity contribution in [3.8, 4) is 0 Å². The normalized spacial score (nSPS) is 10.7. The highest BCUT2D eigenvalue weighted by atomic mass is 16.6. The first-order valence-corrected chi connectivity index (χ1v) is 5.57. The van der Waals surface area contributed by atoms with E-state index in [1.807, 2.05) is 0 Å². The van der Waals surface area contributed by atoms with E-state index in [1.54, 1.807) is 19.1 Å². The van der Waals surface area contributed by atoms with Crippen LogP contribution in [0, 0.1) is 0 Å². The molecule has 100 valence electrons. The summed E-state index contributed by atoms with van der Waals surface area (Å²) in [6.07, 6.45) is 3.69. The number of carbonyl (C=O) groups excluding carboxylic acids is 3. The van der Waals surface area contributed by atoms with Crippen LogP contribution in [0.15, 0.2) is 24.3 Å². The zero-order valence-electron chi connectivity index (χ0n) is 10.7. The Hall–Kier alpha value is -1.91. The maximum atomic E-state index is 11.4. The third kappa shape index (κ3) is 8.27. The number of allylic oxidation sites excluding steroid dienone is 2. The van der Waals surface area contributed by atoms with Gasteiger partial charge < -0.3 is 9.47 Å². The van der Waals surface area contributed by atoms with Gasteiger partial charge in [0, 0.05) is 5.57 Å². The van der Waals surface area contributed by atoms with Gasteiger partial charge >= 0.3 is 11.9 Å². The summed E-state index contributed by atoms with van der Waals surface area (Å²) in [5.74, 6) is -1.34. The Morgan fingerprint density at radius 1 is 1.11 bits per heavy atom. The van der Waals surface area contributed by atoms with Crippen LogP contribution >= 0.6 is 0 Å². The summed E-state index contributed by atoms with van der Waals surface area (Å²) in [6.45, 7) is 6.39. The lowest BCUT2D eigenvalue weighted by Gasteiger charge is -2.05. The van der Waals surface area contributed by atoms with Gasteiger partial charge in [-0.2, -0.15) is 0 Å². The molecule has 0 fully saturated rings. The molecule has 0 aromatic carbocycles. The molecule has 0 aliphatic heterocycles. The Kier molecular flexibility index (Phi) is 8.18. The van der Waals surface area contributed by atoms with Gasteiger partial charge in [-0.15, -0.1) is 6.58 Å². The van der Waals surface area contributed by atoms with Gasteiger partial charge in [0.2, 0.25) is 0 Å². The predicted octanol–water partition coefficient (Wildman–Crippen LogP) is 1.57. The van der Waals surface area contributed by atoms with Gasteiger partial charge in [-0.3, -0.25) is 9.59 Å². The van der Waals surface area contributed by atoms with Crippen molar-refractivity contribution in [1.82, 2.24) is 0 Å². The molecule has 0 rings (SSSR count). The predicted molar refractivity (Wildman–Crippen MR) is 65.8 cm³/mol. The maximum absolute atomic E-state index is 11.4. The number of carbonyl (C=O) groups is 3. The fraction of sp³-hybridized carbons (Fsp3) is 0.462. The SMILES string of the molecule is C=CCC=C(C)C(=O)OCCOC(=O)CC(C)=O. The summed E-state index contributed by atoms with van der Waals surface area (Å²) in [6, 6.07) is 0. The van der Waals surface area contributed by atoms with E-state index in [2.05, 4.69) is 6.58 Å². The standard InChI is InChI=1S/C13H18O5/c1-4-5-6-10(2)13(16)18-8-7-17-12(15)9-11(3)14/h4,6H,1,5,7-9H2,2-3H3. The van der Waals surface area contributed by atoms with Crippen LogP contribution in [-0.4, -0.2) is 30.9 Å². The van der Waals surface area contributed by atoms with Crippen molar-refractivity contribution in [1.29, 1.82) is 0 Å². The lowest BCUT2D eigenvalue weighted by atomic mass is 10.2. The first kappa shape index (κ1) is 16.1. The van der Waals surface area contributed by atoms with Gasteiger partial charge in [0.1, 0.15) is 25.4 Å². The number of rotatable bonds is 8. The molecule has 0 saturated heterocycles. The summed E-state index contributed by atoms with van der Waals surface area (Å²) in [5, 5.41) is 0. The van der Waals surface area contributed by atoms with Crippen molar-refractivity contribution < 1.29 is 23.9 Å². The Labute approximate surface area is 106 Å². The van der Waals surface area contributed by atoms with Gasteiger partial charge in [-0.25, -0.2) is 4.79 Å². The highest BCUT2D eigenvalue weighted by Crippen LogP contribution is 1.99. The lowest BCUT2D eigenvalue weighted by Crippen LogP contribution is -2.15. The first-order valence-electron chi connectivity index (χ1n) is 5.57. The van der Waals surface area contributed by atoms with Crippen LogP contribution in [0.1, 0.15) is 26.7 Å². The monoisotopic (exact) mass is 254 g/mol. The van der Waals surface area contributed by atoms with E-state index in [9.17, 15) is 14.4 Å². The second-order valence-electron chi connectivity index (χ2n) is 3.65. The molecule has 5 heteroatoms. The third-order valence-corrected chi connectivity index (χ3v) is 1.89. The van der Waals surface area contributed by atoms with Crippen molar-refractivity contribution in [2.24, 2.45) is 0 Å². The highest BCUT2D eigenvalue weighted by Gasteiger charge is 2.08. The number of esters is 2. The van der Waals surface area contributed by atoms with Crippen LogP contribution in [0.3, 0.4) is 0 Å². The number of Topliss-reactive ketones (excluding diaryl/α,β-unsaturated/α-hetero) is 1. The zero-order valence-corrected chi connectivity index (χ0v) is 10.7. The molecule has 0 atom stereocenters. The Balaban J connectivity index is 3.78. The average molecular weight is 254 g/mol. The quantitative estimate of drug-likeness (QED) is 0.216. The second-order valence-corrected chi connectivity index (χ2v) is 3.65. The van der Waals surface area contributed by atoms with Crippen LogP contribution < -0.4 is 0 Å². The van der Waals surface area contributed by atoms with Gasteiger partial charge in [-0.05, 0) is 20.3 Å². The Morgan fingerprint density at radius 2 is 1.72 bits per heavy atom. The molecule has 0 heterocycles. The number of ether oxygens (including phenoxy) is 2. The fourth-order valence-electron chi connectivity index (χ4n) is 1.00. The molecule has 0 amide bonds. The molecule has 0 aliphatic rings. The number of ketones is 1. The summed E-state index contributed by atoms with van der Waals surface area (Å²) in [4.78, 5) is 32.9. The molecule has 0 aromatic rings. The summed E-state index contributed by atoms with van der Waals surface area (Å²) < 4.78 is 9.54. The van der Waals surface area contributed by atoms with Crippen molar-refractivity contribution in [2.75, 3.05) is 13.2 Å². The fourth-order valence-corrected chi connectivity index (χ4v) is 1.00. The van der Waals surface area contributed by atoms with E-state index in [-0.39, 0.29) is 25.4 Å². The van der Waals surface area contributed by atoms with E-state index in [0.29, 0.717) is 12.0 Å².